The Morgan fingerprint density at radius 3 is 3.04 bits per heavy atom. The third kappa shape index (κ3) is 3.37. The van der Waals surface area contributed by atoms with Crippen molar-refractivity contribution in [2.75, 3.05) is 13.3 Å². The minimum Gasteiger partial charge on any atom is -0.454 e. The quantitative estimate of drug-likeness (QED) is 0.668. The van der Waals surface area contributed by atoms with Crippen LogP contribution in [0.15, 0.2) is 43.1 Å². The van der Waals surface area contributed by atoms with Crippen LogP contribution in [-0.2, 0) is 13.1 Å². The molecule has 1 aromatic carbocycles. The lowest BCUT2D eigenvalue weighted by Gasteiger charge is -2.07. The highest BCUT2D eigenvalue weighted by atomic mass is 35.5. The Hall–Kier alpha value is -2.51. The number of H-pyrrole nitrogens is 1. The lowest BCUT2D eigenvalue weighted by atomic mass is 10.1. The number of hydrogen-bond donors (Lipinski definition) is 2. The molecule has 0 spiro atoms. The molecule has 0 radical (unpaired) electrons. The van der Waals surface area contributed by atoms with Crippen molar-refractivity contribution >= 4 is 12.4 Å². The average molecular weight is 348 g/mol. The van der Waals surface area contributed by atoms with Crippen molar-refractivity contribution in [2.24, 2.45) is 0 Å². The Kier molecular flexibility index (Phi) is 5.02. The zero-order valence-electron chi connectivity index (χ0n) is 12.9. The van der Waals surface area contributed by atoms with Gasteiger partial charge in [-0.3, -0.25) is 5.10 Å². The normalized spacial score (nSPS) is 12.2. The van der Waals surface area contributed by atoms with Crippen LogP contribution in [0.1, 0.15) is 5.56 Å². The van der Waals surface area contributed by atoms with Crippen LogP contribution in [0.2, 0.25) is 0 Å². The van der Waals surface area contributed by atoms with Crippen LogP contribution in [0.3, 0.4) is 0 Å². The van der Waals surface area contributed by atoms with Gasteiger partial charge in [0.25, 0.3) is 0 Å². The molecule has 0 fully saturated rings. The number of ether oxygens (including phenoxy) is 2. The van der Waals surface area contributed by atoms with Crippen molar-refractivity contribution in [3.63, 3.8) is 0 Å². The molecular weight excluding hydrogens is 330 g/mol. The Morgan fingerprint density at radius 2 is 2.17 bits per heavy atom. The summed E-state index contributed by atoms with van der Waals surface area (Å²) in [6.45, 7) is 2.78. The number of nitrogens with one attached hydrogen (secondary N) is 2. The van der Waals surface area contributed by atoms with E-state index in [1.54, 1.807) is 6.20 Å². The van der Waals surface area contributed by atoms with Crippen LogP contribution in [0.5, 0.6) is 11.5 Å². The fourth-order valence-electron chi connectivity index (χ4n) is 2.60. The van der Waals surface area contributed by atoms with Crippen LogP contribution in [0, 0.1) is 0 Å². The van der Waals surface area contributed by atoms with E-state index in [-0.39, 0.29) is 19.2 Å². The molecule has 0 saturated heterocycles. The van der Waals surface area contributed by atoms with E-state index in [1.165, 1.54) is 0 Å². The smallest absolute Gasteiger partial charge is 0.231 e. The number of halogens is 1. The third-order valence-electron chi connectivity index (χ3n) is 3.80. The summed E-state index contributed by atoms with van der Waals surface area (Å²) in [6.07, 6.45) is 7.41. The number of aromatic amines is 1. The molecule has 2 aromatic heterocycles. The zero-order valence-corrected chi connectivity index (χ0v) is 13.8. The minimum atomic E-state index is 0. The van der Waals surface area contributed by atoms with Crippen LogP contribution in [0.4, 0.5) is 0 Å². The molecule has 0 unspecified atom stereocenters. The minimum absolute atomic E-state index is 0. The molecule has 0 aliphatic carbocycles. The molecular formula is C16H18ClN5O2. The first-order valence-electron chi connectivity index (χ1n) is 7.49. The second-order valence-corrected chi connectivity index (χ2v) is 5.32. The van der Waals surface area contributed by atoms with Gasteiger partial charge in [0, 0.05) is 43.2 Å². The summed E-state index contributed by atoms with van der Waals surface area (Å²) < 4.78 is 12.8. The van der Waals surface area contributed by atoms with E-state index >= 15 is 0 Å². The molecule has 3 heterocycles. The lowest BCUT2D eigenvalue weighted by molar-refractivity contribution is 0.174. The van der Waals surface area contributed by atoms with Gasteiger partial charge in [0.15, 0.2) is 11.5 Å². The molecule has 3 aromatic rings. The fraction of sp³-hybridized carbons (Fsp3) is 0.250. The monoisotopic (exact) mass is 347 g/mol. The van der Waals surface area contributed by atoms with E-state index in [9.17, 15) is 0 Å². The molecule has 24 heavy (non-hydrogen) atoms. The Balaban J connectivity index is 0.00000169. The number of rotatable bonds is 6. The van der Waals surface area contributed by atoms with Crippen LogP contribution in [0.25, 0.3) is 11.3 Å². The van der Waals surface area contributed by atoms with Crippen molar-refractivity contribution in [1.82, 2.24) is 25.1 Å². The first-order valence-corrected chi connectivity index (χ1v) is 7.49. The van der Waals surface area contributed by atoms with Gasteiger partial charge < -0.3 is 19.4 Å². The van der Waals surface area contributed by atoms with Crippen LogP contribution < -0.4 is 14.8 Å². The predicted molar refractivity (Wildman–Crippen MR) is 91.3 cm³/mol. The Bertz CT molecular complexity index is 788. The standard InChI is InChI=1S/C16H17N5O2.ClH/c1-2-14-15(23-11-22-14)7-12(1)16-13(9-19-20-16)8-17-3-5-21-6-4-18-10-21;/h1-2,4,6-7,9-10,17H,3,5,8,11H2,(H,19,20);1H. The van der Waals surface area contributed by atoms with Gasteiger partial charge in [-0.2, -0.15) is 5.10 Å². The van der Waals surface area contributed by atoms with E-state index in [0.717, 1.165) is 48.0 Å². The molecule has 8 heteroatoms. The summed E-state index contributed by atoms with van der Waals surface area (Å²) in [7, 11) is 0. The van der Waals surface area contributed by atoms with E-state index < -0.39 is 0 Å². The molecule has 0 saturated carbocycles. The van der Waals surface area contributed by atoms with E-state index in [4.69, 9.17) is 9.47 Å². The maximum absolute atomic E-state index is 5.44. The van der Waals surface area contributed by atoms with Gasteiger partial charge in [0.2, 0.25) is 6.79 Å². The van der Waals surface area contributed by atoms with Crippen LogP contribution >= 0.6 is 12.4 Å². The maximum Gasteiger partial charge on any atom is 0.231 e. The topological polar surface area (TPSA) is 77.0 Å². The molecule has 0 amide bonds. The highest BCUT2D eigenvalue weighted by molar-refractivity contribution is 5.85. The highest BCUT2D eigenvalue weighted by Crippen LogP contribution is 2.36. The molecule has 4 rings (SSSR count). The summed E-state index contributed by atoms with van der Waals surface area (Å²) in [5, 5.41) is 10.7. The average Bonchev–Trinajstić information content (AvgIpc) is 3.31. The Labute approximate surface area is 145 Å². The summed E-state index contributed by atoms with van der Waals surface area (Å²) in [6, 6.07) is 5.91. The summed E-state index contributed by atoms with van der Waals surface area (Å²) in [5.41, 5.74) is 3.16. The van der Waals surface area contributed by atoms with Gasteiger partial charge in [-0.05, 0) is 18.2 Å². The van der Waals surface area contributed by atoms with E-state index in [1.807, 2.05) is 41.5 Å². The summed E-state index contributed by atoms with van der Waals surface area (Å²) in [5.74, 6) is 1.56. The maximum atomic E-state index is 5.44. The summed E-state index contributed by atoms with van der Waals surface area (Å²) in [4.78, 5) is 4.03. The van der Waals surface area contributed by atoms with Gasteiger partial charge in [-0.1, -0.05) is 0 Å². The number of nitrogens with zero attached hydrogens (tertiary/aromatic N) is 3. The molecule has 1 aliphatic heterocycles. The second kappa shape index (κ2) is 7.37. The second-order valence-electron chi connectivity index (χ2n) is 5.32. The number of fused-ring (bicyclic) bond motifs is 1. The highest BCUT2D eigenvalue weighted by Gasteiger charge is 2.16. The van der Waals surface area contributed by atoms with Crippen molar-refractivity contribution in [3.8, 4) is 22.8 Å². The molecule has 2 N–H and O–H groups in total. The number of benzene rings is 1. The van der Waals surface area contributed by atoms with Gasteiger partial charge in [0.05, 0.1) is 18.2 Å². The number of aromatic nitrogens is 4. The van der Waals surface area contributed by atoms with Gasteiger partial charge in [0.1, 0.15) is 0 Å². The SMILES string of the molecule is Cl.c1cn(CCNCc2cn[nH]c2-c2ccc3c(c2)OCO3)cn1. The number of imidazole rings is 1. The molecule has 126 valence electrons. The molecule has 0 bridgehead atoms. The van der Waals surface area contributed by atoms with Crippen molar-refractivity contribution < 1.29 is 9.47 Å². The van der Waals surface area contributed by atoms with E-state index in [2.05, 4.69) is 20.5 Å². The molecule has 0 atom stereocenters. The van der Waals surface area contributed by atoms with Gasteiger partial charge in [-0.15, -0.1) is 12.4 Å². The largest absolute Gasteiger partial charge is 0.454 e. The van der Waals surface area contributed by atoms with Crippen molar-refractivity contribution in [3.05, 3.63) is 48.7 Å². The lowest BCUT2D eigenvalue weighted by Crippen LogP contribution is -2.19. The first kappa shape index (κ1) is 16.4. The zero-order chi connectivity index (χ0) is 15.5. The van der Waals surface area contributed by atoms with Crippen LogP contribution in [-0.4, -0.2) is 33.1 Å². The molecule has 1 aliphatic rings. The van der Waals surface area contributed by atoms with Crippen molar-refractivity contribution in [1.29, 1.82) is 0 Å². The first-order chi connectivity index (χ1) is 11.4. The van der Waals surface area contributed by atoms with Gasteiger partial charge >= 0.3 is 0 Å². The van der Waals surface area contributed by atoms with Gasteiger partial charge in [-0.25, -0.2) is 4.98 Å². The Morgan fingerprint density at radius 1 is 1.25 bits per heavy atom. The van der Waals surface area contributed by atoms with Crippen molar-refractivity contribution in [2.45, 2.75) is 13.1 Å². The number of hydrogen-bond acceptors (Lipinski definition) is 5. The summed E-state index contributed by atoms with van der Waals surface area (Å²) >= 11 is 0. The van der Waals surface area contributed by atoms with E-state index in [0.29, 0.717) is 0 Å². The third-order valence-corrected chi connectivity index (χ3v) is 3.80. The fourth-order valence-corrected chi connectivity index (χ4v) is 2.60. The predicted octanol–water partition coefficient (Wildman–Crippen LogP) is 2.21. The molecule has 7 nitrogen and oxygen atoms in total.